The van der Waals surface area contributed by atoms with E-state index in [-0.39, 0.29) is 24.7 Å². The summed E-state index contributed by atoms with van der Waals surface area (Å²) in [5.41, 5.74) is 0.890. The van der Waals surface area contributed by atoms with Crippen molar-refractivity contribution in [3.8, 4) is 5.75 Å². The molecule has 0 radical (unpaired) electrons. The maximum atomic E-state index is 13.2. The van der Waals surface area contributed by atoms with E-state index in [0.717, 1.165) is 23.6 Å². The van der Waals surface area contributed by atoms with Gasteiger partial charge in [-0.1, -0.05) is 0 Å². The molecule has 2 heterocycles. The van der Waals surface area contributed by atoms with Gasteiger partial charge in [0.15, 0.2) is 0 Å². The first-order valence-corrected chi connectivity index (χ1v) is 9.54. The van der Waals surface area contributed by atoms with Crippen LogP contribution >= 0.6 is 0 Å². The molecule has 0 unspecified atom stereocenters. The number of aromatic nitrogens is 1. The van der Waals surface area contributed by atoms with Gasteiger partial charge >= 0.3 is 6.18 Å². The van der Waals surface area contributed by atoms with Crippen molar-refractivity contribution in [2.24, 2.45) is 0 Å². The maximum absolute atomic E-state index is 13.2. The van der Waals surface area contributed by atoms with E-state index in [1.807, 2.05) is 17.6 Å². The molecule has 0 bridgehead atoms. The van der Waals surface area contributed by atoms with Gasteiger partial charge in [0, 0.05) is 18.5 Å². The molecule has 0 saturated heterocycles. The second-order valence-electron chi connectivity index (χ2n) is 6.95. The molecule has 166 valence electrons. The lowest BCUT2D eigenvalue weighted by Gasteiger charge is -2.15. The number of ether oxygens (including phenoxy) is 2. The standard InChI is InChI=1S/C22H23F3N2O4/c1-14-11-18(15(2)27(14)13-17-5-4-8-30-17)21(28)26-19-12-16(22(23,24)25)6-7-20(19)31-10-9-29-3/h4-8,11-12H,9-10,13H2,1-3H3,(H,26,28). The van der Waals surface area contributed by atoms with Gasteiger partial charge in [0.2, 0.25) is 0 Å². The summed E-state index contributed by atoms with van der Waals surface area (Å²) in [6.07, 6.45) is -2.99. The number of anilines is 1. The van der Waals surface area contributed by atoms with Crippen LogP contribution in [-0.2, 0) is 17.5 Å². The van der Waals surface area contributed by atoms with E-state index in [9.17, 15) is 18.0 Å². The number of alkyl halides is 3. The monoisotopic (exact) mass is 436 g/mol. The number of nitrogens with zero attached hydrogens (tertiary/aromatic N) is 1. The molecule has 0 saturated carbocycles. The highest BCUT2D eigenvalue weighted by Crippen LogP contribution is 2.35. The van der Waals surface area contributed by atoms with Crippen LogP contribution in [0.5, 0.6) is 5.75 Å². The summed E-state index contributed by atoms with van der Waals surface area (Å²) in [7, 11) is 1.48. The number of furan rings is 1. The minimum absolute atomic E-state index is 0.0632. The first-order chi connectivity index (χ1) is 14.7. The fraction of sp³-hybridized carbons (Fsp3) is 0.318. The number of halogens is 3. The van der Waals surface area contributed by atoms with Crippen LogP contribution in [0.4, 0.5) is 18.9 Å². The highest BCUT2D eigenvalue weighted by Gasteiger charge is 2.31. The van der Waals surface area contributed by atoms with Crippen molar-refractivity contribution in [3.63, 3.8) is 0 Å². The Balaban J connectivity index is 1.88. The minimum Gasteiger partial charge on any atom is -0.489 e. The molecule has 0 spiro atoms. The Hall–Kier alpha value is -3.20. The SMILES string of the molecule is COCCOc1ccc(C(F)(F)F)cc1NC(=O)c1cc(C)n(Cc2ccco2)c1C. The average molecular weight is 436 g/mol. The maximum Gasteiger partial charge on any atom is 0.416 e. The first-order valence-electron chi connectivity index (χ1n) is 9.54. The fourth-order valence-electron chi connectivity index (χ4n) is 3.19. The molecule has 9 heteroatoms. The molecule has 31 heavy (non-hydrogen) atoms. The molecule has 1 amide bonds. The van der Waals surface area contributed by atoms with Crippen molar-refractivity contribution in [1.29, 1.82) is 0 Å². The van der Waals surface area contributed by atoms with Crippen LogP contribution in [0, 0.1) is 13.8 Å². The molecular formula is C22H23F3N2O4. The highest BCUT2D eigenvalue weighted by atomic mass is 19.4. The average Bonchev–Trinajstić information content (AvgIpc) is 3.32. The number of carbonyl (C=O) groups is 1. The normalized spacial score (nSPS) is 11.5. The Kier molecular flexibility index (Phi) is 6.74. The first kappa shape index (κ1) is 22.5. The Morgan fingerprint density at radius 2 is 1.94 bits per heavy atom. The van der Waals surface area contributed by atoms with Gasteiger partial charge in [0.25, 0.3) is 5.91 Å². The van der Waals surface area contributed by atoms with Crippen LogP contribution in [0.15, 0.2) is 47.1 Å². The summed E-state index contributed by atoms with van der Waals surface area (Å²) in [5, 5.41) is 2.56. The molecule has 2 aromatic heterocycles. The van der Waals surface area contributed by atoms with Gasteiger partial charge in [-0.05, 0) is 50.2 Å². The number of carbonyl (C=O) groups excluding carboxylic acids is 1. The van der Waals surface area contributed by atoms with E-state index in [0.29, 0.717) is 17.8 Å². The van der Waals surface area contributed by atoms with Crippen LogP contribution in [0.2, 0.25) is 0 Å². The smallest absolute Gasteiger partial charge is 0.416 e. The Labute approximate surface area is 177 Å². The molecule has 0 aliphatic rings. The second kappa shape index (κ2) is 9.30. The summed E-state index contributed by atoms with van der Waals surface area (Å²) in [5.74, 6) is 0.318. The van der Waals surface area contributed by atoms with E-state index in [1.54, 1.807) is 25.3 Å². The molecule has 3 rings (SSSR count). The van der Waals surface area contributed by atoms with E-state index in [2.05, 4.69) is 5.32 Å². The quantitative estimate of drug-likeness (QED) is 0.503. The number of rotatable bonds is 8. The molecule has 1 N–H and O–H groups in total. The van der Waals surface area contributed by atoms with Crippen LogP contribution in [0.25, 0.3) is 0 Å². The number of methoxy groups -OCH3 is 1. The van der Waals surface area contributed by atoms with Gasteiger partial charge in [0.05, 0.1) is 36.2 Å². The molecule has 0 aliphatic heterocycles. The third kappa shape index (κ3) is 5.29. The molecule has 0 fully saturated rings. The predicted molar refractivity (Wildman–Crippen MR) is 108 cm³/mol. The van der Waals surface area contributed by atoms with Crippen LogP contribution in [0.1, 0.15) is 33.1 Å². The minimum atomic E-state index is -4.55. The van der Waals surface area contributed by atoms with Crippen LogP contribution in [-0.4, -0.2) is 30.8 Å². The lowest BCUT2D eigenvalue weighted by molar-refractivity contribution is -0.137. The number of aryl methyl sites for hydroxylation is 1. The summed E-state index contributed by atoms with van der Waals surface area (Å²) < 4.78 is 57.2. The number of benzene rings is 1. The van der Waals surface area contributed by atoms with E-state index in [4.69, 9.17) is 13.9 Å². The number of amides is 1. The summed E-state index contributed by atoms with van der Waals surface area (Å²) in [4.78, 5) is 12.9. The highest BCUT2D eigenvalue weighted by molar-refractivity contribution is 6.06. The second-order valence-corrected chi connectivity index (χ2v) is 6.95. The van der Waals surface area contributed by atoms with Crippen LogP contribution in [0.3, 0.4) is 0 Å². The molecule has 0 aliphatic carbocycles. The third-order valence-electron chi connectivity index (χ3n) is 4.81. The van der Waals surface area contributed by atoms with Crippen molar-refractivity contribution in [2.75, 3.05) is 25.6 Å². The van der Waals surface area contributed by atoms with Crippen molar-refractivity contribution >= 4 is 11.6 Å². The van der Waals surface area contributed by atoms with Crippen molar-refractivity contribution in [1.82, 2.24) is 4.57 Å². The summed E-state index contributed by atoms with van der Waals surface area (Å²) >= 11 is 0. The zero-order valence-electron chi connectivity index (χ0n) is 17.4. The van der Waals surface area contributed by atoms with E-state index >= 15 is 0 Å². The third-order valence-corrected chi connectivity index (χ3v) is 4.81. The topological polar surface area (TPSA) is 65.6 Å². The largest absolute Gasteiger partial charge is 0.489 e. The van der Waals surface area contributed by atoms with Gasteiger partial charge in [-0.25, -0.2) is 0 Å². The lowest BCUT2D eigenvalue weighted by Crippen LogP contribution is -2.16. The fourth-order valence-corrected chi connectivity index (χ4v) is 3.19. The van der Waals surface area contributed by atoms with Gasteiger partial charge < -0.3 is 23.8 Å². The van der Waals surface area contributed by atoms with Crippen molar-refractivity contribution in [2.45, 2.75) is 26.6 Å². The zero-order valence-corrected chi connectivity index (χ0v) is 17.4. The lowest BCUT2D eigenvalue weighted by atomic mass is 10.1. The van der Waals surface area contributed by atoms with Gasteiger partial charge in [-0.2, -0.15) is 13.2 Å². The molecule has 6 nitrogen and oxygen atoms in total. The van der Waals surface area contributed by atoms with E-state index in [1.165, 1.54) is 13.2 Å². The Bertz CT molecular complexity index is 1040. The zero-order chi connectivity index (χ0) is 22.6. The molecule has 1 aromatic carbocycles. The Morgan fingerprint density at radius 1 is 1.16 bits per heavy atom. The van der Waals surface area contributed by atoms with Crippen molar-refractivity contribution in [3.05, 3.63) is 70.9 Å². The van der Waals surface area contributed by atoms with Gasteiger partial charge in [-0.3, -0.25) is 4.79 Å². The summed E-state index contributed by atoms with van der Waals surface area (Å²) in [6, 6.07) is 8.25. The Morgan fingerprint density at radius 3 is 2.58 bits per heavy atom. The van der Waals surface area contributed by atoms with Gasteiger partial charge in [0.1, 0.15) is 18.1 Å². The predicted octanol–water partition coefficient (Wildman–Crippen LogP) is 5.04. The number of nitrogens with one attached hydrogen (secondary N) is 1. The van der Waals surface area contributed by atoms with Crippen LogP contribution < -0.4 is 10.1 Å². The molecule has 3 aromatic rings. The van der Waals surface area contributed by atoms with Crippen molar-refractivity contribution < 1.29 is 31.9 Å². The van der Waals surface area contributed by atoms with E-state index < -0.39 is 17.6 Å². The molecule has 0 atom stereocenters. The number of hydrogen-bond acceptors (Lipinski definition) is 4. The molecular weight excluding hydrogens is 413 g/mol. The summed E-state index contributed by atoms with van der Waals surface area (Å²) in [6.45, 7) is 4.43. The van der Waals surface area contributed by atoms with Gasteiger partial charge in [-0.15, -0.1) is 0 Å². The number of hydrogen-bond donors (Lipinski definition) is 1.